The first-order valence-electron chi connectivity index (χ1n) is 8.84. The molecule has 0 radical (unpaired) electrons. The number of nitrogens with zero attached hydrogens (tertiary/aromatic N) is 4. The minimum Gasteiger partial charge on any atom is -0.465 e. The quantitative estimate of drug-likeness (QED) is 0.665. The van der Waals surface area contributed by atoms with Gasteiger partial charge in [-0.1, -0.05) is 0 Å². The van der Waals surface area contributed by atoms with Crippen molar-refractivity contribution in [1.82, 2.24) is 19.9 Å². The maximum Gasteiger partial charge on any atom is 0.407 e. The van der Waals surface area contributed by atoms with Crippen molar-refractivity contribution in [2.75, 3.05) is 11.9 Å². The summed E-state index contributed by atoms with van der Waals surface area (Å²) in [5, 5.41) is 12.4. The van der Waals surface area contributed by atoms with Crippen LogP contribution in [-0.4, -0.2) is 43.1 Å². The minimum absolute atomic E-state index is 0.151. The Morgan fingerprint density at radius 1 is 1.29 bits per heavy atom. The molecule has 2 N–H and O–H groups in total. The van der Waals surface area contributed by atoms with Crippen molar-refractivity contribution in [3.8, 4) is 0 Å². The van der Waals surface area contributed by atoms with Crippen molar-refractivity contribution in [2.45, 2.75) is 39.3 Å². The van der Waals surface area contributed by atoms with E-state index in [0.29, 0.717) is 29.2 Å². The Morgan fingerprint density at radius 3 is 2.75 bits per heavy atom. The number of rotatable bonds is 6. The van der Waals surface area contributed by atoms with E-state index >= 15 is 0 Å². The summed E-state index contributed by atoms with van der Waals surface area (Å²) in [5.41, 5.74) is 0.768. The summed E-state index contributed by atoms with van der Waals surface area (Å²) < 4.78 is 19.5. The highest BCUT2D eigenvalue weighted by Gasteiger charge is 2.26. The first-order valence-corrected chi connectivity index (χ1v) is 8.84. The van der Waals surface area contributed by atoms with Gasteiger partial charge in [0.1, 0.15) is 5.82 Å². The molecule has 3 heterocycles. The fraction of sp³-hybridized carbons (Fsp3) is 0.368. The SMILES string of the molecule is CC(C)(C)N(CCc1nc2c(NCc3ncccc3F)nccc2o1)C(=O)O. The monoisotopic (exact) mass is 387 g/mol. The second-order valence-electron chi connectivity index (χ2n) is 7.25. The van der Waals surface area contributed by atoms with E-state index in [1.165, 1.54) is 23.2 Å². The van der Waals surface area contributed by atoms with Gasteiger partial charge in [0.05, 0.1) is 12.2 Å². The summed E-state index contributed by atoms with van der Waals surface area (Å²) in [6.07, 6.45) is 2.41. The molecule has 0 spiro atoms. The number of amides is 1. The van der Waals surface area contributed by atoms with Crippen molar-refractivity contribution < 1.29 is 18.7 Å². The van der Waals surface area contributed by atoms with E-state index in [1.54, 1.807) is 12.3 Å². The number of oxazole rings is 1. The summed E-state index contributed by atoms with van der Waals surface area (Å²) >= 11 is 0. The van der Waals surface area contributed by atoms with Crippen molar-refractivity contribution in [1.29, 1.82) is 0 Å². The van der Waals surface area contributed by atoms with E-state index in [9.17, 15) is 14.3 Å². The van der Waals surface area contributed by atoms with Crippen LogP contribution in [0.25, 0.3) is 11.1 Å². The van der Waals surface area contributed by atoms with Gasteiger partial charge in [0.15, 0.2) is 22.8 Å². The van der Waals surface area contributed by atoms with Crippen LogP contribution in [0.1, 0.15) is 32.4 Å². The van der Waals surface area contributed by atoms with Gasteiger partial charge < -0.3 is 19.7 Å². The van der Waals surface area contributed by atoms with Crippen molar-refractivity contribution in [3.05, 3.63) is 48.0 Å². The molecule has 3 aromatic heterocycles. The van der Waals surface area contributed by atoms with Gasteiger partial charge in [0, 0.05) is 37.0 Å². The van der Waals surface area contributed by atoms with Crippen LogP contribution in [0.4, 0.5) is 15.0 Å². The van der Waals surface area contributed by atoms with Crippen LogP contribution >= 0.6 is 0 Å². The van der Waals surface area contributed by atoms with Crippen LogP contribution in [0.2, 0.25) is 0 Å². The molecule has 0 saturated heterocycles. The summed E-state index contributed by atoms with van der Waals surface area (Å²) in [6, 6.07) is 4.55. The number of carboxylic acid groups (broad SMARTS) is 1. The molecule has 148 valence electrons. The lowest BCUT2D eigenvalue weighted by Gasteiger charge is -2.32. The average Bonchev–Trinajstić information content (AvgIpc) is 3.03. The van der Waals surface area contributed by atoms with E-state index < -0.39 is 17.4 Å². The van der Waals surface area contributed by atoms with E-state index in [1.807, 2.05) is 20.8 Å². The molecule has 28 heavy (non-hydrogen) atoms. The highest BCUT2D eigenvalue weighted by molar-refractivity contribution is 5.83. The van der Waals surface area contributed by atoms with Crippen LogP contribution < -0.4 is 5.32 Å². The highest BCUT2D eigenvalue weighted by atomic mass is 19.1. The van der Waals surface area contributed by atoms with Gasteiger partial charge in [-0.05, 0) is 32.9 Å². The number of pyridine rings is 2. The van der Waals surface area contributed by atoms with Gasteiger partial charge in [-0.2, -0.15) is 0 Å². The first-order chi connectivity index (χ1) is 13.3. The molecule has 3 aromatic rings. The highest BCUT2D eigenvalue weighted by Crippen LogP contribution is 2.23. The van der Waals surface area contributed by atoms with E-state index in [0.717, 1.165) is 0 Å². The van der Waals surface area contributed by atoms with E-state index in [2.05, 4.69) is 20.3 Å². The Kier molecular flexibility index (Phi) is 5.43. The third-order valence-corrected chi connectivity index (χ3v) is 4.20. The molecule has 0 saturated carbocycles. The number of hydrogen-bond acceptors (Lipinski definition) is 6. The number of carbonyl (C=O) groups is 1. The van der Waals surface area contributed by atoms with Crippen LogP contribution in [0.5, 0.6) is 0 Å². The molecule has 0 aliphatic heterocycles. The molecule has 0 atom stereocenters. The van der Waals surface area contributed by atoms with Gasteiger partial charge >= 0.3 is 6.09 Å². The topological polar surface area (TPSA) is 104 Å². The Balaban J connectivity index is 1.76. The molecular weight excluding hydrogens is 365 g/mol. The number of nitrogens with one attached hydrogen (secondary N) is 1. The van der Waals surface area contributed by atoms with E-state index in [4.69, 9.17) is 4.42 Å². The van der Waals surface area contributed by atoms with Crippen LogP contribution in [0, 0.1) is 5.82 Å². The average molecular weight is 387 g/mol. The molecule has 0 unspecified atom stereocenters. The molecule has 9 heteroatoms. The molecule has 3 rings (SSSR count). The molecule has 0 fully saturated rings. The zero-order valence-electron chi connectivity index (χ0n) is 15.9. The fourth-order valence-corrected chi connectivity index (χ4v) is 2.78. The number of fused-ring (bicyclic) bond motifs is 1. The number of hydrogen-bond donors (Lipinski definition) is 2. The van der Waals surface area contributed by atoms with E-state index in [-0.39, 0.29) is 18.8 Å². The summed E-state index contributed by atoms with van der Waals surface area (Å²) in [4.78, 5) is 25.5. The van der Waals surface area contributed by atoms with Gasteiger partial charge in [0.25, 0.3) is 0 Å². The van der Waals surface area contributed by atoms with Crippen molar-refractivity contribution in [2.24, 2.45) is 0 Å². The Bertz CT molecular complexity index is 983. The second-order valence-corrected chi connectivity index (χ2v) is 7.25. The molecule has 0 aliphatic carbocycles. The first kappa shape index (κ1) is 19.5. The van der Waals surface area contributed by atoms with Crippen LogP contribution in [-0.2, 0) is 13.0 Å². The molecule has 0 aliphatic rings. The second kappa shape index (κ2) is 7.79. The maximum absolute atomic E-state index is 13.7. The Morgan fingerprint density at radius 2 is 2.07 bits per heavy atom. The summed E-state index contributed by atoms with van der Waals surface area (Å²) in [6.45, 7) is 5.89. The molecule has 1 amide bonds. The normalized spacial score (nSPS) is 11.6. The molecule has 0 bridgehead atoms. The van der Waals surface area contributed by atoms with Crippen LogP contribution in [0.3, 0.4) is 0 Å². The van der Waals surface area contributed by atoms with Gasteiger partial charge in [-0.3, -0.25) is 4.98 Å². The smallest absolute Gasteiger partial charge is 0.407 e. The summed E-state index contributed by atoms with van der Waals surface area (Å²) in [5.74, 6) is 0.452. The third-order valence-electron chi connectivity index (χ3n) is 4.20. The van der Waals surface area contributed by atoms with Crippen molar-refractivity contribution >= 4 is 23.0 Å². The predicted molar refractivity (Wildman–Crippen MR) is 102 cm³/mol. The largest absolute Gasteiger partial charge is 0.465 e. The molecular formula is C19H22FN5O3. The maximum atomic E-state index is 13.7. The zero-order chi connectivity index (χ0) is 20.3. The number of aromatic nitrogens is 3. The Labute approximate surface area is 161 Å². The molecule has 0 aromatic carbocycles. The standard InChI is InChI=1S/C19H22FN5O3/c1-19(2,3)25(18(26)27)10-7-15-24-16-14(28-15)6-9-22-17(16)23-11-13-12(20)5-4-8-21-13/h4-6,8-9H,7,10-11H2,1-3H3,(H,22,23)(H,26,27). The van der Waals surface area contributed by atoms with Gasteiger partial charge in [0.2, 0.25) is 0 Å². The van der Waals surface area contributed by atoms with Crippen LogP contribution in [0.15, 0.2) is 35.0 Å². The predicted octanol–water partition coefficient (Wildman–Crippen LogP) is 3.69. The third kappa shape index (κ3) is 4.36. The van der Waals surface area contributed by atoms with Crippen molar-refractivity contribution in [3.63, 3.8) is 0 Å². The fourth-order valence-electron chi connectivity index (χ4n) is 2.78. The van der Waals surface area contributed by atoms with Gasteiger partial charge in [-0.25, -0.2) is 19.2 Å². The lowest BCUT2D eigenvalue weighted by molar-refractivity contribution is 0.100. The number of anilines is 1. The number of halogens is 1. The lowest BCUT2D eigenvalue weighted by Crippen LogP contribution is -2.45. The minimum atomic E-state index is -0.995. The zero-order valence-corrected chi connectivity index (χ0v) is 15.9. The lowest BCUT2D eigenvalue weighted by atomic mass is 10.1. The summed E-state index contributed by atoms with van der Waals surface area (Å²) in [7, 11) is 0. The Hall–Kier alpha value is -3.23. The van der Waals surface area contributed by atoms with Gasteiger partial charge in [-0.15, -0.1) is 0 Å². The molecule has 8 nitrogen and oxygen atoms in total.